The van der Waals surface area contributed by atoms with E-state index in [4.69, 9.17) is 16.0 Å². The van der Waals surface area contributed by atoms with Gasteiger partial charge in [-0.1, -0.05) is 29.8 Å². The lowest BCUT2D eigenvalue weighted by Gasteiger charge is -2.11. The predicted molar refractivity (Wildman–Crippen MR) is 111 cm³/mol. The third-order valence-corrected chi connectivity index (χ3v) is 5.97. The molecule has 0 bridgehead atoms. The average Bonchev–Trinajstić information content (AvgIpc) is 2.70. The van der Waals surface area contributed by atoms with E-state index in [1.165, 1.54) is 30.3 Å². The maximum absolute atomic E-state index is 13.7. The molecule has 3 aromatic carbocycles. The molecule has 0 aliphatic rings. The van der Waals surface area contributed by atoms with Crippen molar-refractivity contribution in [1.29, 1.82) is 0 Å². The van der Waals surface area contributed by atoms with E-state index in [2.05, 4.69) is 0 Å². The molecule has 0 unspecified atom stereocenters. The Morgan fingerprint density at radius 2 is 1.59 bits per heavy atom. The topological polar surface area (TPSA) is 64.3 Å². The van der Waals surface area contributed by atoms with Crippen molar-refractivity contribution in [3.05, 3.63) is 87.8 Å². The Morgan fingerprint density at radius 3 is 2.24 bits per heavy atom. The van der Waals surface area contributed by atoms with Gasteiger partial charge in [-0.15, -0.1) is 0 Å². The predicted octanol–water partition coefficient (Wildman–Crippen LogP) is 5.32. The molecule has 4 aromatic rings. The first kappa shape index (κ1) is 19.4. The van der Waals surface area contributed by atoms with Crippen LogP contribution in [0.2, 0.25) is 5.02 Å². The van der Waals surface area contributed by atoms with Crippen LogP contribution in [0.3, 0.4) is 0 Å². The molecule has 0 spiro atoms. The van der Waals surface area contributed by atoms with Gasteiger partial charge in [-0.05, 0) is 54.1 Å². The van der Waals surface area contributed by atoms with Crippen LogP contribution in [0.25, 0.3) is 33.4 Å². The van der Waals surface area contributed by atoms with Crippen LogP contribution in [-0.4, -0.2) is 14.7 Å². The summed E-state index contributed by atoms with van der Waals surface area (Å²) in [5, 5.41) is 0.257. The fourth-order valence-corrected chi connectivity index (χ4v) is 3.92. The standard InChI is InChI=1S/C22H14ClFO4S/c1-29(26,27)15-9-6-13(7-10-15)22-20(14-8-11-18(24)17(23)12-14)21(25)16-4-2-3-5-19(16)28-22/h2-12H,1H3. The summed E-state index contributed by atoms with van der Waals surface area (Å²) >= 11 is 5.93. The maximum Gasteiger partial charge on any atom is 0.201 e. The highest BCUT2D eigenvalue weighted by molar-refractivity contribution is 7.90. The van der Waals surface area contributed by atoms with Crippen LogP contribution in [0, 0.1) is 5.82 Å². The molecule has 0 saturated carbocycles. The highest BCUT2D eigenvalue weighted by Gasteiger charge is 2.19. The lowest BCUT2D eigenvalue weighted by Crippen LogP contribution is -2.07. The highest BCUT2D eigenvalue weighted by Crippen LogP contribution is 2.34. The van der Waals surface area contributed by atoms with Crippen molar-refractivity contribution in [2.45, 2.75) is 4.90 Å². The van der Waals surface area contributed by atoms with Crippen molar-refractivity contribution in [3.8, 4) is 22.5 Å². The molecule has 7 heteroatoms. The van der Waals surface area contributed by atoms with E-state index in [-0.39, 0.29) is 26.7 Å². The molecule has 0 aliphatic heterocycles. The molecule has 1 heterocycles. The van der Waals surface area contributed by atoms with Crippen LogP contribution >= 0.6 is 11.6 Å². The zero-order chi connectivity index (χ0) is 20.8. The zero-order valence-electron chi connectivity index (χ0n) is 15.1. The van der Waals surface area contributed by atoms with Gasteiger partial charge >= 0.3 is 0 Å². The van der Waals surface area contributed by atoms with E-state index in [0.717, 1.165) is 6.26 Å². The van der Waals surface area contributed by atoms with Gasteiger partial charge in [0.05, 0.1) is 20.9 Å². The lowest BCUT2D eigenvalue weighted by atomic mass is 9.98. The summed E-state index contributed by atoms with van der Waals surface area (Å²) in [4.78, 5) is 13.4. The molecule has 0 fully saturated rings. The number of rotatable bonds is 3. The van der Waals surface area contributed by atoms with Crippen LogP contribution < -0.4 is 5.43 Å². The van der Waals surface area contributed by atoms with E-state index in [1.807, 2.05) is 0 Å². The molecular weight excluding hydrogens is 415 g/mol. The molecule has 4 nitrogen and oxygen atoms in total. The fourth-order valence-electron chi connectivity index (χ4n) is 3.11. The molecule has 4 rings (SSSR count). The molecule has 1 aromatic heterocycles. The van der Waals surface area contributed by atoms with Gasteiger partial charge in [0, 0.05) is 11.8 Å². The second kappa shape index (κ2) is 7.13. The Hall–Kier alpha value is -2.96. The average molecular weight is 429 g/mol. The van der Waals surface area contributed by atoms with Crippen LogP contribution in [0.4, 0.5) is 4.39 Å². The smallest absolute Gasteiger partial charge is 0.201 e. The van der Waals surface area contributed by atoms with Crippen molar-refractivity contribution in [1.82, 2.24) is 0 Å². The first-order valence-electron chi connectivity index (χ1n) is 8.57. The first-order valence-corrected chi connectivity index (χ1v) is 10.8. The molecule has 146 valence electrons. The summed E-state index contributed by atoms with van der Waals surface area (Å²) in [6, 6.07) is 16.8. The van der Waals surface area contributed by atoms with Crippen LogP contribution in [-0.2, 0) is 9.84 Å². The summed E-state index contributed by atoms with van der Waals surface area (Å²) in [6.45, 7) is 0. The summed E-state index contributed by atoms with van der Waals surface area (Å²) in [5.41, 5.74) is 1.22. The van der Waals surface area contributed by atoms with Gasteiger partial charge in [-0.25, -0.2) is 12.8 Å². The highest BCUT2D eigenvalue weighted by atomic mass is 35.5. The Bertz CT molecular complexity index is 1410. The number of halogens is 2. The summed E-state index contributed by atoms with van der Waals surface area (Å²) in [5.74, 6) is -0.351. The molecule has 0 saturated heterocycles. The zero-order valence-corrected chi connectivity index (χ0v) is 16.7. The minimum atomic E-state index is -3.37. The van der Waals surface area contributed by atoms with Crippen LogP contribution in [0.1, 0.15) is 0 Å². The monoisotopic (exact) mass is 428 g/mol. The normalized spacial score (nSPS) is 11.7. The molecule has 29 heavy (non-hydrogen) atoms. The minimum absolute atomic E-state index is 0.117. The fraction of sp³-hybridized carbons (Fsp3) is 0.0455. The second-order valence-electron chi connectivity index (χ2n) is 6.56. The van der Waals surface area contributed by atoms with Gasteiger partial charge in [-0.3, -0.25) is 4.79 Å². The van der Waals surface area contributed by atoms with Gasteiger partial charge in [0.2, 0.25) is 5.43 Å². The second-order valence-corrected chi connectivity index (χ2v) is 8.98. The maximum atomic E-state index is 13.7. The number of sulfone groups is 1. The van der Waals surface area contributed by atoms with Crippen molar-refractivity contribution in [2.75, 3.05) is 6.26 Å². The van der Waals surface area contributed by atoms with Crippen molar-refractivity contribution < 1.29 is 17.2 Å². The molecule has 0 atom stereocenters. The number of hydrogen-bond acceptors (Lipinski definition) is 4. The third-order valence-electron chi connectivity index (χ3n) is 4.55. The SMILES string of the molecule is CS(=O)(=O)c1ccc(-c2oc3ccccc3c(=O)c2-c2ccc(F)c(Cl)c2)cc1. The number of para-hydroxylation sites is 1. The van der Waals surface area contributed by atoms with Crippen molar-refractivity contribution in [2.24, 2.45) is 0 Å². The van der Waals surface area contributed by atoms with E-state index in [9.17, 15) is 17.6 Å². The van der Waals surface area contributed by atoms with Crippen molar-refractivity contribution >= 4 is 32.4 Å². The van der Waals surface area contributed by atoms with E-state index >= 15 is 0 Å². The van der Waals surface area contributed by atoms with E-state index < -0.39 is 15.7 Å². The summed E-state index contributed by atoms with van der Waals surface area (Å²) < 4.78 is 43.2. The van der Waals surface area contributed by atoms with Gasteiger partial charge in [-0.2, -0.15) is 0 Å². The first-order chi connectivity index (χ1) is 13.8. The van der Waals surface area contributed by atoms with Gasteiger partial charge < -0.3 is 4.42 Å². The number of fused-ring (bicyclic) bond motifs is 1. The summed E-state index contributed by atoms with van der Waals surface area (Å²) in [7, 11) is -3.37. The Morgan fingerprint density at radius 1 is 0.931 bits per heavy atom. The Balaban J connectivity index is 2.04. The molecule has 0 amide bonds. The molecular formula is C22H14ClFO4S. The Labute approximate surface area is 171 Å². The van der Waals surface area contributed by atoms with Crippen molar-refractivity contribution in [3.63, 3.8) is 0 Å². The largest absolute Gasteiger partial charge is 0.455 e. The van der Waals surface area contributed by atoms with Crippen LogP contribution in [0.5, 0.6) is 0 Å². The Kier molecular flexibility index (Phi) is 4.76. The number of benzene rings is 3. The third kappa shape index (κ3) is 3.57. The lowest BCUT2D eigenvalue weighted by molar-refractivity contribution is 0.601. The molecule has 0 N–H and O–H groups in total. The molecule has 0 aliphatic carbocycles. The van der Waals surface area contributed by atoms with E-state index in [1.54, 1.807) is 36.4 Å². The number of hydrogen-bond donors (Lipinski definition) is 0. The van der Waals surface area contributed by atoms with Gasteiger partial charge in [0.25, 0.3) is 0 Å². The van der Waals surface area contributed by atoms with Gasteiger partial charge in [0.1, 0.15) is 17.2 Å². The molecule has 0 radical (unpaired) electrons. The van der Waals surface area contributed by atoms with Crippen LogP contribution in [0.15, 0.2) is 80.8 Å². The summed E-state index contributed by atoms with van der Waals surface area (Å²) in [6.07, 6.45) is 1.12. The minimum Gasteiger partial charge on any atom is -0.455 e. The van der Waals surface area contributed by atoms with E-state index in [0.29, 0.717) is 22.1 Å². The quantitative estimate of drug-likeness (QED) is 0.443. The van der Waals surface area contributed by atoms with Gasteiger partial charge in [0.15, 0.2) is 9.84 Å².